The lowest BCUT2D eigenvalue weighted by atomic mass is 10.0. The van der Waals surface area contributed by atoms with E-state index < -0.39 is 0 Å². The summed E-state index contributed by atoms with van der Waals surface area (Å²) in [6, 6.07) is 8.61. The van der Waals surface area contributed by atoms with Gasteiger partial charge in [0.25, 0.3) is 0 Å². The summed E-state index contributed by atoms with van der Waals surface area (Å²) in [6.45, 7) is 0. The third-order valence-electron chi connectivity index (χ3n) is 3.78. The van der Waals surface area contributed by atoms with Crippen molar-refractivity contribution in [3.63, 3.8) is 0 Å². The maximum atomic E-state index is 11.6. The van der Waals surface area contributed by atoms with Gasteiger partial charge in [-0.25, -0.2) is 0 Å². The van der Waals surface area contributed by atoms with Gasteiger partial charge in [0.1, 0.15) is 0 Å². The summed E-state index contributed by atoms with van der Waals surface area (Å²) in [5.74, 6) is 0.253. The summed E-state index contributed by atoms with van der Waals surface area (Å²) in [6.07, 6.45) is 3.76. The fourth-order valence-electron chi connectivity index (χ4n) is 2.81. The van der Waals surface area contributed by atoms with Crippen LogP contribution < -0.4 is 0 Å². The van der Waals surface area contributed by atoms with Crippen LogP contribution in [0, 0.1) is 0 Å². The molecule has 1 atom stereocenters. The molecular weight excluding hydrogens is 212 g/mol. The Hall–Kier alpha value is -1.77. The highest BCUT2D eigenvalue weighted by Crippen LogP contribution is 2.36. The van der Waals surface area contributed by atoms with Gasteiger partial charge in [0.05, 0.1) is 6.04 Å². The average molecular weight is 228 g/mol. The van der Waals surface area contributed by atoms with Crippen molar-refractivity contribution in [1.29, 1.82) is 0 Å². The van der Waals surface area contributed by atoms with Crippen LogP contribution in [0.25, 0.3) is 10.9 Å². The molecule has 1 fully saturated rings. The zero-order chi connectivity index (χ0) is 12.0. The number of carbonyl (C=O) groups excluding carboxylic acids is 1. The van der Waals surface area contributed by atoms with E-state index in [-0.39, 0.29) is 11.9 Å². The van der Waals surface area contributed by atoms with E-state index in [1.54, 1.807) is 0 Å². The molecule has 3 nitrogen and oxygen atoms in total. The van der Waals surface area contributed by atoms with Crippen molar-refractivity contribution in [2.24, 2.45) is 7.05 Å². The second kappa shape index (κ2) is 3.62. The number of aryl methyl sites for hydroxylation is 1. The van der Waals surface area contributed by atoms with Crippen LogP contribution in [-0.4, -0.2) is 22.4 Å². The first-order valence-corrected chi connectivity index (χ1v) is 5.98. The largest absolute Gasteiger partial charge is 0.350 e. The van der Waals surface area contributed by atoms with E-state index in [1.165, 1.54) is 16.5 Å². The van der Waals surface area contributed by atoms with Gasteiger partial charge in [0, 0.05) is 43.2 Å². The predicted octanol–water partition coefficient (Wildman–Crippen LogP) is 2.47. The van der Waals surface area contributed by atoms with Crippen LogP contribution >= 0.6 is 0 Å². The van der Waals surface area contributed by atoms with Crippen molar-refractivity contribution in [2.75, 3.05) is 7.05 Å². The molecule has 0 saturated carbocycles. The molecule has 1 aliphatic rings. The molecule has 1 unspecified atom stereocenters. The zero-order valence-electron chi connectivity index (χ0n) is 10.2. The van der Waals surface area contributed by atoms with Gasteiger partial charge in [0.2, 0.25) is 5.91 Å². The lowest BCUT2D eigenvalue weighted by Crippen LogP contribution is -2.22. The Morgan fingerprint density at radius 1 is 1.24 bits per heavy atom. The molecule has 17 heavy (non-hydrogen) atoms. The minimum atomic E-state index is 0.244. The number of nitrogens with zero attached hydrogens (tertiary/aromatic N) is 2. The fourth-order valence-corrected chi connectivity index (χ4v) is 2.81. The third kappa shape index (κ3) is 1.46. The van der Waals surface area contributed by atoms with Crippen LogP contribution in [0.3, 0.4) is 0 Å². The van der Waals surface area contributed by atoms with E-state index >= 15 is 0 Å². The van der Waals surface area contributed by atoms with Crippen LogP contribution in [-0.2, 0) is 11.8 Å². The molecule has 1 saturated heterocycles. The van der Waals surface area contributed by atoms with E-state index in [1.807, 2.05) is 11.9 Å². The van der Waals surface area contributed by atoms with Crippen LogP contribution in [0.1, 0.15) is 24.4 Å². The first-order chi connectivity index (χ1) is 8.18. The highest BCUT2D eigenvalue weighted by Gasteiger charge is 2.30. The van der Waals surface area contributed by atoms with Crippen molar-refractivity contribution in [1.82, 2.24) is 9.47 Å². The summed E-state index contributed by atoms with van der Waals surface area (Å²) in [5.41, 5.74) is 2.51. The number of rotatable bonds is 1. The van der Waals surface area contributed by atoms with Gasteiger partial charge in [0.15, 0.2) is 0 Å². The van der Waals surface area contributed by atoms with E-state index in [0.717, 1.165) is 6.42 Å². The summed E-state index contributed by atoms with van der Waals surface area (Å²) in [5, 5.41) is 1.27. The summed E-state index contributed by atoms with van der Waals surface area (Å²) in [7, 11) is 3.96. The highest BCUT2D eigenvalue weighted by molar-refractivity contribution is 5.86. The van der Waals surface area contributed by atoms with Crippen molar-refractivity contribution in [2.45, 2.75) is 18.9 Å². The number of para-hydroxylation sites is 1. The number of hydrogen-bond donors (Lipinski definition) is 0. The van der Waals surface area contributed by atoms with Gasteiger partial charge in [-0.1, -0.05) is 18.2 Å². The van der Waals surface area contributed by atoms with Crippen molar-refractivity contribution in [3.8, 4) is 0 Å². The molecular formula is C14H16N2O. The summed E-state index contributed by atoms with van der Waals surface area (Å²) < 4.78 is 2.14. The van der Waals surface area contributed by atoms with Crippen LogP contribution in [0.2, 0.25) is 0 Å². The number of fused-ring (bicyclic) bond motifs is 1. The standard InChI is InChI=1S/C14H16N2O/c1-15-9-11(10-5-3-4-6-12(10)15)13-7-8-14(17)16(13)2/h3-6,9,13H,7-8H2,1-2H3. The zero-order valence-corrected chi connectivity index (χ0v) is 10.2. The van der Waals surface area contributed by atoms with Crippen molar-refractivity contribution < 1.29 is 4.79 Å². The van der Waals surface area contributed by atoms with Crippen molar-refractivity contribution in [3.05, 3.63) is 36.0 Å². The van der Waals surface area contributed by atoms with Gasteiger partial charge in [-0.2, -0.15) is 0 Å². The Morgan fingerprint density at radius 3 is 2.71 bits per heavy atom. The topological polar surface area (TPSA) is 25.2 Å². The summed E-state index contributed by atoms with van der Waals surface area (Å²) >= 11 is 0. The Kier molecular flexibility index (Phi) is 2.21. The Balaban J connectivity index is 2.15. The van der Waals surface area contributed by atoms with Crippen molar-refractivity contribution >= 4 is 16.8 Å². The molecule has 0 radical (unpaired) electrons. The number of likely N-dealkylation sites (tertiary alicyclic amines) is 1. The molecule has 2 heterocycles. The molecule has 0 aliphatic carbocycles. The van der Waals surface area contributed by atoms with Crippen LogP contribution in [0.15, 0.2) is 30.5 Å². The molecule has 0 bridgehead atoms. The molecule has 2 aromatic rings. The smallest absolute Gasteiger partial charge is 0.222 e. The lowest BCUT2D eigenvalue weighted by molar-refractivity contribution is -0.127. The molecule has 3 heteroatoms. The molecule has 1 aliphatic heterocycles. The van der Waals surface area contributed by atoms with E-state index in [9.17, 15) is 4.79 Å². The molecule has 88 valence electrons. The number of aromatic nitrogens is 1. The Bertz CT molecular complexity index is 585. The SMILES string of the molecule is CN1C(=O)CCC1c1cn(C)c2ccccc12. The van der Waals surface area contributed by atoms with Gasteiger partial charge in [-0.15, -0.1) is 0 Å². The first kappa shape index (κ1) is 10.4. The molecule has 1 aromatic heterocycles. The molecule has 0 spiro atoms. The quantitative estimate of drug-likeness (QED) is 0.736. The van der Waals surface area contributed by atoms with E-state index in [0.29, 0.717) is 6.42 Å². The van der Waals surface area contributed by atoms with Crippen LogP contribution in [0.4, 0.5) is 0 Å². The fraction of sp³-hybridized carbons (Fsp3) is 0.357. The normalized spacial score (nSPS) is 20.5. The van der Waals surface area contributed by atoms with E-state index in [4.69, 9.17) is 0 Å². The van der Waals surface area contributed by atoms with E-state index in [2.05, 4.69) is 42.1 Å². The minimum Gasteiger partial charge on any atom is -0.350 e. The molecule has 1 aromatic carbocycles. The number of amides is 1. The molecule has 3 rings (SSSR count). The lowest BCUT2D eigenvalue weighted by Gasteiger charge is -2.19. The molecule has 0 N–H and O–H groups in total. The van der Waals surface area contributed by atoms with Gasteiger partial charge in [-0.3, -0.25) is 4.79 Å². The summed E-state index contributed by atoms with van der Waals surface area (Å²) in [4.78, 5) is 13.5. The monoisotopic (exact) mass is 228 g/mol. The third-order valence-corrected chi connectivity index (χ3v) is 3.78. The maximum Gasteiger partial charge on any atom is 0.222 e. The molecule has 1 amide bonds. The second-order valence-corrected chi connectivity index (χ2v) is 4.77. The van der Waals surface area contributed by atoms with Crippen LogP contribution in [0.5, 0.6) is 0 Å². The maximum absolute atomic E-state index is 11.6. The Labute approximate surface area is 101 Å². The van der Waals surface area contributed by atoms with Gasteiger partial charge < -0.3 is 9.47 Å². The second-order valence-electron chi connectivity index (χ2n) is 4.77. The number of hydrogen-bond acceptors (Lipinski definition) is 1. The minimum absolute atomic E-state index is 0.244. The predicted molar refractivity (Wildman–Crippen MR) is 67.7 cm³/mol. The number of carbonyl (C=O) groups is 1. The first-order valence-electron chi connectivity index (χ1n) is 5.98. The Morgan fingerprint density at radius 2 is 2.00 bits per heavy atom. The van der Waals surface area contributed by atoms with Gasteiger partial charge in [-0.05, 0) is 12.5 Å². The average Bonchev–Trinajstić information content (AvgIpc) is 2.83. The highest BCUT2D eigenvalue weighted by atomic mass is 16.2. The van der Waals surface area contributed by atoms with Gasteiger partial charge >= 0.3 is 0 Å². The number of benzene rings is 1.